The molecule has 0 unspecified atom stereocenters. The van der Waals surface area contributed by atoms with Crippen molar-refractivity contribution in [3.63, 3.8) is 0 Å². The van der Waals surface area contributed by atoms with Gasteiger partial charge in [0.15, 0.2) is 0 Å². The Bertz CT molecular complexity index is 396. The number of hydrogen-bond donors (Lipinski definition) is 1. The van der Waals surface area contributed by atoms with Gasteiger partial charge < -0.3 is 5.73 Å². The molecule has 0 aliphatic carbocycles. The Balaban J connectivity index is 2.94. The first-order chi connectivity index (χ1) is 5.29. The van der Waals surface area contributed by atoms with Gasteiger partial charge in [0.2, 0.25) is 0 Å². The highest BCUT2D eigenvalue weighted by Crippen LogP contribution is 2.32. The third-order valence-corrected chi connectivity index (χ3v) is 3.47. The molecule has 0 fully saturated rings. The molecule has 2 heterocycles. The number of nitrogens with two attached hydrogens (primary N) is 1. The van der Waals surface area contributed by atoms with Crippen LogP contribution in [-0.4, -0.2) is 4.98 Å². The van der Waals surface area contributed by atoms with Gasteiger partial charge in [-0.25, -0.2) is 0 Å². The smallest absolute Gasteiger partial charge is 0.0682 e. The maximum absolute atomic E-state index is 5.70. The summed E-state index contributed by atoms with van der Waals surface area (Å²) in [4.78, 5) is 4.00. The van der Waals surface area contributed by atoms with Crippen LogP contribution in [0.4, 0.5) is 5.69 Å². The summed E-state index contributed by atoms with van der Waals surface area (Å²) in [6.45, 7) is 0. The molecule has 0 amide bonds. The molecular formula is C7H5BrN2S. The van der Waals surface area contributed by atoms with Crippen molar-refractivity contribution in [2.24, 2.45) is 0 Å². The molecule has 56 valence electrons. The minimum atomic E-state index is 0.748. The summed E-state index contributed by atoms with van der Waals surface area (Å²) in [5.41, 5.74) is 6.44. The van der Waals surface area contributed by atoms with Crippen molar-refractivity contribution in [3.05, 3.63) is 22.2 Å². The Kier molecular flexibility index (Phi) is 1.58. The number of rotatable bonds is 0. The summed E-state index contributed by atoms with van der Waals surface area (Å²) < 4.78 is 2.17. The highest BCUT2D eigenvalue weighted by molar-refractivity contribution is 9.10. The van der Waals surface area contributed by atoms with E-state index in [4.69, 9.17) is 5.73 Å². The molecule has 2 N–H and O–H groups in total. The van der Waals surface area contributed by atoms with Crippen LogP contribution in [-0.2, 0) is 0 Å². The van der Waals surface area contributed by atoms with Crippen LogP contribution >= 0.6 is 27.3 Å². The molecular weight excluding hydrogens is 224 g/mol. The number of hydrogen-bond acceptors (Lipinski definition) is 3. The van der Waals surface area contributed by atoms with Gasteiger partial charge in [0, 0.05) is 21.4 Å². The van der Waals surface area contributed by atoms with E-state index in [1.54, 1.807) is 17.5 Å². The lowest BCUT2D eigenvalue weighted by atomic mass is 10.3. The van der Waals surface area contributed by atoms with Crippen LogP contribution in [0.15, 0.2) is 22.2 Å². The van der Waals surface area contributed by atoms with Gasteiger partial charge in [0.25, 0.3) is 0 Å². The summed E-state index contributed by atoms with van der Waals surface area (Å²) >= 11 is 5.04. The highest BCUT2D eigenvalue weighted by Gasteiger charge is 2.02. The molecule has 0 aliphatic heterocycles. The number of pyridine rings is 1. The molecule has 2 rings (SSSR count). The van der Waals surface area contributed by atoms with Crippen LogP contribution in [0.2, 0.25) is 0 Å². The average Bonchev–Trinajstić information content (AvgIpc) is 2.35. The van der Waals surface area contributed by atoms with Gasteiger partial charge in [-0.05, 0) is 15.9 Å². The third kappa shape index (κ3) is 1.02. The molecule has 0 saturated heterocycles. The topological polar surface area (TPSA) is 38.9 Å². The van der Waals surface area contributed by atoms with Crippen molar-refractivity contribution in [2.45, 2.75) is 0 Å². The number of thiophene rings is 1. The van der Waals surface area contributed by atoms with E-state index in [0.717, 1.165) is 20.2 Å². The fraction of sp³-hybridized carbons (Fsp3) is 0. The summed E-state index contributed by atoms with van der Waals surface area (Å²) in [5.74, 6) is 0. The van der Waals surface area contributed by atoms with Gasteiger partial charge in [-0.2, -0.15) is 0 Å². The van der Waals surface area contributed by atoms with E-state index in [2.05, 4.69) is 20.9 Å². The fourth-order valence-corrected chi connectivity index (χ4v) is 2.48. The van der Waals surface area contributed by atoms with Crippen molar-refractivity contribution in [2.75, 3.05) is 5.73 Å². The maximum Gasteiger partial charge on any atom is 0.0682 e. The van der Waals surface area contributed by atoms with Crippen LogP contribution in [0.3, 0.4) is 0 Å². The minimum Gasteiger partial charge on any atom is -0.396 e. The summed E-state index contributed by atoms with van der Waals surface area (Å²) in [5, 5.41) is 3.11. The molecule has 0 aliphatic rings. The quantitative estimate of drug-likeness (QED) is 0.754. The average molecular weight is 229 g/mol. The van der Waals surface area contributed by atoms with Crippen molar-refractivity contribution < 1.29 is 0 Å². The first-order valence-corrected chi connectivity index (χ1v) is 4.72. The number of nitrogens with zero attached hydrogens (tertiary/aromatic N) is 1. The van der Waals surface area contributed by atoms with Gasteiger partial charge >= 0.3 is 0 Å². The predicted octanol–water partition coefficient (Wildman–Crippen LogP) is 2.64. The second-order valence-corrected chi connectivity index (χ2v) is 3.92. The highest BCUT2D eigenvalue weighted by atomic mass is 79.9. The molecule has 2 aromatic heterocycles. The Morgan fingerprint density at radius 3 is 3.00 bits per heavy atom. The Morgan fingerprint density at radius 2 is 2.27 bits per heavy atom. The third-order valence-electron chi connectivity index (χ3n) is 1.46. The number of anilines is 1. The number of nitrogen functional groups attached to an aromatic ring is 1. The zero-order valence-electron chi connectivity index (χ0n) is 5.54. The SMILES string of the molecule is Nc1cncc2c(Br)csc12. The first-order valence-electron chi connectivity index (χ1n) is 3.05. The lowest BCUT2D eigenvalue weighted by Crippen LogP contribution is -1.84. The maximum atomic E-state index is 5.70. The summed E-state index contributed by atoms with van der Waals surface area (Å²) in [6.07, 6.45) is 3.48. The van der Waals surface area contributed by atoms with Gasteiger partial charge in [0.1, 0.15) is 0 Å². The summed E-state index contributed by atoms with van der Waals surface area (Å²) in [6, 6.07) is 0. The molecule has 4 heteroatoms. The van der Waals surface area contributed by atoms with E-state index >= 15 is 0 Å². The molecule has 0 aromatic carbocycles. The van der Waals surface area contributed by atoms with Crippen LogP contribution in [0.25, 0.3) is 10.1 Å². The van der Waals surface area contributed by atoms with Crippen molar-refractivity contribution in [1.29, 1.82) is 0 Å². The van der Waals surface area contributed by atoms with Crippen molar-refractivity contribution >= 4 is 43.0 Å². The number of halogens is 1. The van der Waals surface area contributed by atoms with Gasteiger partial charge in [-0.3, -0.25) is 4.98 Å². The molecule has 2 nitrogen and oxygen atoms in total. The predicted molar refractivity (Wildman–Crippen MR) is 51.7 cm³/mol. The second kappa shape index (κ2) is 2.46. The fourth-order valence-electron chi connectivity index (χ4n) is 0.941. The zero-order valence-corrected chi connectivity index (χ0v) is 7.95. The van der Waals surface area contributed by atoms with Crippen molar-refractivity contribution in [3.8, 4) is 0 Å². The largest absolute Gasteiger partial charge is 0.396 e. The Morgan fingerprint density at radius 1 is 1.45 bits per heavy atom. The zero-order chi connectivity index (χ0) is 7.84. The van der Waals surface area contributed by atoms with E-state index in [0.29, 0.717) is 0 Å². The van der Waals surface area contributed by atoms with Crippen LogP contribution < -0.4 is 5.73 Å². The Hall–Kier alpha value is -0.610. The normalized spacial score (nSPS) is 10.6. The Labute approximate surface area is 76.2 Å². The molecule has 0 saturated carbocycles. The monoisotopic (exact) mass is 228 g/mol. The van der Waals surface area contributed by atoms with Gasteiger partial charge in [-0.15, -0.1) is 11.3 Å². The molecule has 0 radical (unpaired) electrons. The van der Waals surface area contributed by atoms with E-state index in [-0.39, 0.29) is 0 Å². The minimum absolute atomic E-state index is 0.748. The lowest BCUT2D eigenvalue weighted by Gasteiger charge is -1.92. The van der Waals surface area contributed by atoms with Crippen LogP contribution in [0.1, 0.15) is 0 Å². The van der Waals surface area contributed by atoms with Gasteiger partial charge in [-0.1, -0.05) is 0 Å². The van der Waals surface area contributed by atoms with E-state index in [9.17, 15) is 0 Å². The van der Waals surface area contributed by atoms with Crippen LogP contribution in [0, 0.1) is 0 Å². The molecule has 2 aromatic rings. The van der Waals surface area contributed by atoms with Crippen molar-refractivity contribution in [1.82, 2.24) is 4.98 Å². The van der Waals surface area contributed by atoms with E-state index in [1.807, 2.05) is 11.6 Å². The lowest BCUT2D eigenvalue weighted by molar-refractivity contribution is 1.37. The summed E-state index contributed by atoms with van der Waals surface area (Å²) in [7, 11) is 0. The molecule has 0 spiro atoms. The van der Waals surface area contributed by atoms with Crippen LogP contribution in [0.5, 0.6) is 0 Å². The standard InChI is InChI=1S/C7H5BrN2S/c8-5-3-11-7-4(5)1-10-2-6(7)9/h1-3H,9H2. The molecule has 0 bridgehead atoms. The molecule has 11 heavy (non-hydrogen) atoms. The number of fused-ring (bicyclic) bond motifs is 1. The number of aromatic nitrogens is 1. The van der Waals surface area contributed by atoms with E-state index in [1.165, 1.54) is 0 Å². The second-order valence-electron chi connectivity index (χ2n) is 2.19. The first kappa shape index (κ1) is 7.06. The van der Waals surface area contributed by atoms with E-state index < -0.39 is 0 Å². The van der Waals surface area contributed by atoms with Gasteiger partial charge in [0.05, 0.1) is 16.6 Å². The molecule has 0 atom stereocenters.